The number of hydrogen-bond acceptors (Lipinski definition) is 4. The molecule has 0 aliphatic carbocycles. The molecule has 1 amide bonds. The summed E-state index contributed by atoms with van der Waals surface area (Å²) in [6.07, 6.45) is 6.46. The fourth-order valence-electron chi connectivity index (χ4n) is 4.02. The van der Waals surface area contributed by atoms with Crippen molar-refractivity contribution in [1.29, 1.82) is 0 Å². The van der Waals surface area contributed by atoms with Crippen molar-refractivity contribution >= 4 is 22.5 Å². The van der Waals surface area contributed by atoms with Gasteiger partial charge in [-0.1, -0.05) is 37.3 Å². The molecule has 0 aliphatic heterocycles. The molecule has 0 bridgehead atoms. The number of non-ortho nitro benzene ring substituents is 1. The van der Waals surface area contributed by atoms with E-state index >= 15 is 0 Å². The van der Waals surface area contributed by atoms with Crippen LogP contribution in [0.3, 0.4) is 0 Å². The first-order valence-corrected chi connectivity index (χ1v) is 10.6. The lowest BCUT2D eigenvalue weighted by Gasteiger charge is -2.17. The van der Waals surface area contributed by atoms with E-state index in [-0.39, 0.29) is 23.9 Å². The Labute approximate surface area is 185 Å². The second-order valence-corrected chi connectivity index (χ2v) is 7.67. The van der Waals surface area contributed by atoms with E-state index in [0.29, 0.717) is 6.54 Å². The summed E-state index contributed by atoms with van der Waals surface area (Å²) in [6.45, 7) is 2.53. The van der Waals surface area contributed by atoms with Crippen LogP contribution in [0, 0.1) is 10.1 Å². The summed E-state index contributed by atoms with van der Waals surface area (Å²) in [7, 11) is 0. The molecule has 32 heavy (non-hydrogen) atoms. The van der Waals surface area contributed by atoms with Crippen LogP contribution in [0.4, 0.5) is 5.69 Å². The van der Waals surface area contributed by atoms with Gasteiger partial charge >= 0.3 is 0 Å². The summed E-state index contributed by atoms with van der Waals surface area (Å²) in [5.74, 6) is -0.333. The number of para-hydroxylation sites is 1. The van der Waals surface area contributed by atoms with Crippen molar-refractivity contribution in [1.82, 2.24) is 15.3 Å². The molecular formula is C25H24N4O3. The van der Waals surface area contributed by atoms with E-state index in [4.69, 9.17) is 0 Å². The lowest BCUT2D eigenvalue weighted by atomic mass is 9.87. The minimum Gasteiger partial charge on any atom is -0.361 e. The zero-order valence-corrected chi connectivity index (χ0v) is 17.7. The number of fused-ring (bicyclic) bond motifs is 1. The average Bonchev–Trinajstić information content (AvgIpc) is 3.26. The van der Waals surface area contributed by atoms with Crippen molar-refractivity contribution in [2.24, 2.45) is 0 Å². The quantitative estimate of drug-likeness (QED) is 0.309. The van der Waals surface area contributed by atoms with Crippen molar-refractivity contribution in [3.8, 4) is 0 Å². The van der Waals surface area contributed by atoms with E-state index in [1.165, 1.54) is 17.7 Å². The highest BCUT2D eigenvalue weighted by Gasteiger charge is 2.22. The minimum absolute atomic E-state index is 0.0295. The topological polar surface area (TPSA) is 101 Å². The number of hydrogen-bond donors (Lipinski definition) is 2. The first kappa shape index (κ1) is 21.2. The van der Waals surface area contributed by atoms with Crippen LogP contribution < -0.4 is 5.32 Å². The van der Waals surface area contributed by atoms with Gasteiger partial charge in [-0.05, 0) is 40.8 Å². The molecule has 1 atom stereocenters. The molecule has 2 aromatic carbocycles. The zero-order valence-electron chi connectivity index (χ0n) is 17.7. The highest BCUT2D eigenvalue weighted by molar-refractivity contribution is 5.88. The van der Waals surface area contributed by atoms with Gasteiger partial charge in [-0.2, -0.15) is 0 Å². The van der Waals surface area contributed by atoms with Gasteiger partial charge < -0.3 is 10.3 Å². The molecule has 0 aliphatic rings. The van der Waals surface area contributed by atoms with E-state index in [2.05, 4.69) is 28.3 Å². The molecule has 7 nitrogen and oxygen atoms in total. The first-order chi connectivity index (χ1) is 15.6. The average molecular weight is 428 g/mol. The standard InChI is InChI=1S/C25H24N4O3/c1-2-18-4-3-5-21-23(16-28-25(18)21)22(19-6-8-20(9-7-19)29(31)32)14-24(30)27-15-17-10-12-26-13-11-17/h3-13,16,22,28H,2,14-15H2,1H3,(H,27,30). The van der Waals surface area contributed by atoms with E-state index in [1.807, 2.05) is 30.5 Å². The molecule has 4 rings (SSSR count). The number of carbonyl (C=O) groups is 1. The second-order valence-electron chi connectivity index (χ2n) is 7.67. The number of rotatable bonds is 8. The molecule has 4 aromatic rings. The van der Waals surface area contributed by atoms with E-state index in [0.717, 1.165) is 34.0 Å². The molecule has 0 saturated carbocycles. The largest absolute Gasteiger partial charge is 0.361 e. The number of amides is 1. The van der Waals surface area contributed by atoms with Gasteiger partial charge in [0.15, 0.2) is 0 Å². The van der Waals surface area contributed by atoms with Crippen LogP contribution in [0.15, 0.2) is 73.2 Å². The third-order valence-corrected chi connectivity index (χ3v) is 5.72. The maximum atomic E-state index is 12.9. The molecule has 1 unspecified atom stereocenters. The van der Waals surface area contributed by atoms with Crippen LogP contribution in [0.2, 0.25) is 0 Å². The van der Waals surface area contributed by atoms with Gasteiger partial charge in [-0.25, -0.2) is 0 Å². The molecule has 2 N–H and O–H groups in total. The Balaban J connectivity index is 1.65. The fraction of sp³-hybridized carbons (Fsp3) is 0.200. The Morgan fingerprint density at radius 2 is 1.88 bits per heavy atom. The van der Waals surface area contributed by atoms with Gasteiger partial charge in [-0.3, -0.25) is 19.9 Å². The maximum Gasteiger partial charge on any atom is 0.269 e. The van der Waals surface area contributed by atoms with Crippen molar-refractivity contribution < 1.29 is 9.72 Å². The van der Waals surface area contributed by atoms with Crippen LogP contribution in [0.1, 0.15) is 41.5 Å². The molecule has 0 radical (unpaired) electrons. The summed E-state index contributed by atoms with van der Waals surface area (Å²) >= 11 is 0. The fourth-order valence-corrected chi connectivity index (χ4v) is 4.02. The number of nitro groups is 1. The molecule has 0 spiro atoms. The van der Waals surface area contributed by atoms with Gasteiger partial charge in [-0.15, -0.1) is 0 Å². The molecular weight excluding hydrogens is 404 g/mol. The van der Waals surface area contributed by atoms with Crippen LogP contribution in [0.5, 0.6) is 0 Å². The lowest BCUT2D eigenvalue weighted by molar-refractivity contribution is -0.384. The van der Waals surface area contributed by atoms with E-state index < -0.39 is 4.92 Å². The normalized spacial score (nSPS) is 11.9. The van der Waals surface area contributed by atoms with Crippen LogP contribution in [0.25, 0.3) is 10.9 Å². The second kappa shape index (κ2) is 9.43. The molecule has 0 fully saturated rings. The SMILES string of the molecule is CCc1cccc2c(C(CC(=O)NCc3ccncc3)c3ccc([N+](=O)[O-])cc3)c[nH]c12. The summed E-state index contributed by atoms with van der Waals surface area (Å²) < 4.78 is 0. The van der Waals surface area contributed by atoms with Gasteiger partial charge in [0.2, 0.25) is 5.91 Å². The number of benzene rings is 2. The number of nitrogens with zero attached hydrogens (tertiary/aromatic N) is 2. The van der Waals surface area contributed by atoms with Gasteiger partial charge in [0.1, 0.15) is 0 Å². The number of H-pyrrole nitrogens is 1. The van der Waals surface area contributed by atoms with Crippen LogP contribution >= 0.6 is 0 Å². The first-order valence-electron chi connectivity index (χ1n) is 10.6. The molecule has 0 saturated heterocycles. The Kier molecular flexibility index (Phi) is 6.26. The summed E-state index contributed by atoms with van der Waals surface area (Å²) in [6, 6.07) is 16.3. The third kappa shape index (κ3) is 4.51. The molecule has 7 heteroatoms. The number of carbonyl (C=O) groups excluding carboxylic acids is 1. The van der Waals surface area contributed by atoms with E-state index in [1.54, 1.807) is 24.5 Å². The molecule has 2 heterocycles. The smallest absolute Gasteiger partial charge is 0.269 e. The number of aryl methyl sites for hydroxylation is 1. The van der Waals surface area contributed by atoms with Gasteiger partial charge in [0.05, 0.1) is 4.92 Å². The number of aromatic amines is 1. The molecule has 2 aromatic heterocycles. The van der Waals surface area contributed by atoms with Crippen molar-refractivity contribution in [2.75, 3.05) is 0 Å². The summed E-state index contributed by atoms with van der Waals surface area (Å²) in [5, 5.41) is 15.1. The summed E-state index contributed by atoms with van der Waals surface area (Å²) in [4.78, 5) is 30.9. The zero-order chi connectivity index (χ0) is 22.5. The Morgan fingerprint density at radius 1 is 1.12 bits per heavy atom. The van der Waals surface area contributed by atoms with Crippen molar-refractivity contribution in [3.05, 3.63) is 106 Å². The number of nitrogens with one attached hydrogen (secondary N) is 2. The maximum absolute atomic E-state index is 12.9. The number of pyridine rings is 1. The van der Waals surface area contributed by atoms with Gasteiger partial charge in [0, 0.05) is 60.5 Å². The minimum atomic E-state index is -0.417. The third-order valence-electron chi connectivity index (χ3n) is 5.72. The summed E-state index contributed by atoms with van der Waals surface area (Å²) in [5.41, 5.74) is 5.13. The lowest BCUT2D eigenvalue weighted by Crippen LogP contribution is -2.25. The highest BCUT2D eigenvalue weighted by atomic mass is 16.6. The predicted molar refractivity (Wildman–Crippen MR) is 123 cm³/mol. The predicted octanol–water partition coefficient (Wildman–Crippen LogP) is 4.87. The number of nitro benzene ring substituents is 1. The Bertz CT molecular complexity index is 1230. The Hall–Kier alpha value is -4.00. The van der Waals surface area contributed by atoms with Crippen molar-refractivity contribution in [2.45, 2.75) is 32.2 Å². The highest BCUT2D eigenvalue weighted by Crippen LogP contribution is 2.35. The number of aromatic nitrogens is 2. The monoisotopic (exact) mass is 428 g/mol. The van der Waals surface area contributed by atoms with E-state index in [9.17, 15) is 14.9 Å². The molecule has 162 valence electrons. The van der Waals surface area contributed by atoms with Gasteiger partial charge in [0.25, 0.3) is 5.69 Å². The van der Waals surface area contributed by atoms with Crippen LogP contribution in [-0.2, 0) is 17.8 Å². The van der Waals surface area contributed by atoms with Crippen molar-refractivity contribution in [3.63, 3.8) is 0 Å². The Morgan fingerprint density at radius 3 is 2.56 bits per heavy atom. The van der Waals surface area contributed by atoms with Crippen LogP contribution in [-0.4, -0.2) is 20.8 Å².